The molecule has 0 aromatic carbocycles. The highest BCUT2D eigenvalue weighted by Crippen LogP contribution is 2.33. The number of halogens is 1. The Balaban J connectivity index is 2.32. The molecule has 0 saturated heterocycles. The molecule has 1 aliphatic rings. The van der Waals surface area contributed by atoms with Crippen LogP contribution in [0.1, 0.15) is 18.5 Å². The average molecular weight is 249 g/mol. The molecule has 1 aliphatic carbocycles. The van der Waals surface area contributed by atoms with Crippen LogP contribution < -0.4 is 0 Å². The van der Waals surface area contributed by atoms with E-state index in [-0.39, 0.29) is 0 Å². The summed E-state index contributed by atoms with van der Waals surface area (Å²) in [7, 11) is 0. The second kappa shape index (κ2) is 3.93. The van der Waals surface area contributed by atoms with Gasteiger partial charge in [0, 0.05) is 10.7 Å². The normalized spacial score (nSPS) is 16.4. The molecule has 1 aromatic heterocycles. The van der Waals surface area contributed by atoms with E-state index in [0.29, 0.717) is 11.5 Å². The van der Waals surface area contributed by atoms with E-state index in [1.54, 1.807) is 6.20 Å². The third-order valence-corrected chi connectivity index (χ3v) is 2.64. The molecular weight excluding hydrogens is 240 g/mol. The molecule has 0 aliphatic heterocycles. The Bertz CT molecular complexity index is 414. The molecule has 2 nitrogen and oxygen atoms in total. The lowest BCUT2D eigenvalue weighted by atomic mass is 10.1. The number of nitrogens with zero attached hydrogens (tertiary/aromatic N) is 2. The first-order valence-electron chi connectivity index (χ1n) is 4.53. The Morgan fingerprint density at radius 3 is 3.00 bits per heavy atom. The lowest BCUT2D eigenvalue weighted by molar-refractivity contribution is 1.12. The van der Waals surface area contributed by atoms with E-state index in [1.165, 1.54) is 12.8 Å². The summed E-state index contributed by atoms with van der Waals surface area (Å²) in [6.07, 6.45) is 6.14. The van der Waals surface area contributed by atoms with Gasteiger partial charge in [0.25, 0.3) is 0 Å². The fourth-order valence-electron chi connectivity index (χ4n) is 1.23. The number of nitriles is 1. The van der Waals surface area contributed by atoms with E-state index < -0.39 is 0 Å². The Morgan fingerprint density at radius 1 is 1.64 bits per heavy atom. The minimum atomic E-state index is 0.602. The van der Waals surface area contributed by atoms with Gasteiger partial charge in [-0.2, -0.15) is 5.26 Å². The Kier molecular flexibility index (Phi) is 2.64. The van der Waals surface area contributed by atoms with Crippen LogP contribution in [0.5, 0.6) is 0 Å². The number of pyridine rings is 1. The first-order chi connectivity index (χ1) is 6.79. The Labute approximate surface area is 91.4 Å². The van der Waals surface area contributed by atoms with Crippen LogP contribution in [0, 0.1) is 17.2 Å². The van der Waals surface area contributed by atoms with Crippen molar-refractivity contribution >= 4 is 21.5 Å². The standard InChI is InChI=1S/C11H9BrN2/c12-10-3-4-14-11(6-10)9(7-13)5-8-1-2-8/h3-6,8H,1-2H2/b9-5-. The van der Waals surface area contributed by atoms with E-state index in [0.717, 1.165) is 10.2 Å². The summed E-state index contributed by atoms with van der Waals surface area (Å²) in [4.78, 5) is 4.17. The first-order valence-corrected chi connectivity index (χ1v) is 5.33. The van der Waals surface area contributed by atoms with Crippen molar-refractivity contribution < 1.29 is 0 Å². The highest BCUT2D eigenvalue weighted by atomic mass is 79.9. The maximum absolute atomic E-state index is 8.97. The van der Waals surface area contributed by atoms with Gasteiger partial charge in [0.05, 0.1) is 11.3 Å². The number of hydrogen-bond donors (Lipinski definition) is 0. The molecule has 14 heavy (non-hydrogen) atoms. The highest BCUT2D eigenvalue weighted by Gasteiger charge is 2.20. The summed E-state index contributed by atoms with van der Waals surface area (Å²) in [5.74, 6) is 0.602. The largest absolute Gasteiger partial charge is 0.255 e. The van der Waals surface area contributed by atoms with Crippen molar-refractivity contribution in [3.8, 4) is 6.07 Å². The van der Waals surface area contributed by atoms with Crippen molar-refractivity contribution in [3.63, 3.8) is 0 Å². The molecule has 0 atom stereocenters. The highest BCUT2D eigenvalue weighted by molar-refractivity contribution is 9.10. The van der Waals surface area contributed by atoms with Crippen molar-refractivity contribution in [3.05, 3.63) is 34.6 Å². The maximum atomic E-state index is 8.97. The average Bonchev–Trinajstić information content (AvgIpc) is 2.98. The van der Waals surface area contributed by atoms with E-state index in [1.807, 2.05) is 18.2 Å². The third-order valence-electron chi connectivity index (χ3n) is 2.14. The number of allylic oxidation sites excluding steroid dienone is 2. The van der Waals surface area contributed by atoms with Crippen LogP contribution in [0.3, 0.4) is 0 Å². The molecule has 3 heteroatoms. The maximum Gasteiger partial charge on any atom is 0.101 e. The minimum absolute atomic E-state index is 0.602. The molecule has 1 fully saturated rings. The lowest BCUT2D eigenvalue weighted by Crippen LogP contribution is -1.87. The summed E-state index contributed by atoms with van der Waals surface area (Å²) in [5, 5.41) is 8.97. The van der Waals surface area contributed by atoms with Crippen molar-refractivity contribution in [2.75, 3.05) is 0 Å². The van der Waals surface area contributed by atoms with Crippen LogP contribution in [0.15, 0.2) is 28.9 Å². The fraction of sp³-hybridized carbons (Fsp3) is 0.273. The van der Waals surface area contributed by atoms with Gasteiger partial charge in [0.1, 0.15) is 6.07 Å². The zero-order valence-electron chi connectivity index (χ0n) is 7.57. The van der Waals surface area contributed by atoms with Crippen molar-refractivity contribution in [1.29, 1.82) is 5.26 Å². The molecule has 0 radical (unpaired) electrons. The fourth-order valence-corrected chi connectivity index (χ4v) is 1.57. The minimum Gasteiger partial charge on any atom is -0.255 e. The van der Waals surface area contributed by atoms with Crippen LogP contribution in [0.25, 0.3) is 5.57 Å². The van der Waals surface area contributed by atoms with Crippen molar-refractivity contribution in [1.82, 2.24) is 4.98 Å². The molecule has 2 rings (SSSR count). The summed E-state index contributed by atoms with van der Waals surface area (Å²) in [6.45, 7) is 0. The van der Waals surface area contributed by atoms with Gasteiger partial charge in [-0.05, 0) is 30.9 Å². The molecule has 0 spiro atoms. The van der Waals surface area contributed by atoms with E-state index in [4.69, 9.17) is 5.26 Å². The van der Waals surface area contributed by atoms with Gasteiger partial charge in [-0.25, -0.2) is 0 Å². The number of hydrogen-bond acceptors (Lipinski definition) is 2. The predicted molar refractivity (Wildman–Crippen MR) is 58.3 cm³/mol. The molecule has 0 unspecified atom stereocenters. The van der Waals surface area contributed by atoms with Crippen LogP contribution in [0.4, 0.5) is 0 Å². The summed E-state index contributed by atoms with van der Waals surface area (Å²) in [5.41, 5.74) is 1.45. The van der Waals surface area contributed by atoms with Gasteiger partial charge in [-0.1, -0.05) is 22.0 Å². The zero-order chi connectivity index (χ0) is 9.97. The summed E-state index contributed by atoms with van der Waals surface area (Å²) < 4.78 is 0.958. The van der Waals surface area contributed by atoms with Crippen LogP contribution >= 0.6 is 15.9 Å². The van der Waals surface area contributed by atoms with Crippen LogP contribution in [-0.4, -0.2) is 4.98 Å². The van der Waals surface area contributed by atoms with Gasteiger partial charge in [0.15, 0.2) is 0 Å². The molecule has 1 saturated carbocycles. The molecule has 1 heterocycles. The quantitative estimate of drug-likeness (QED) is 0.755. The SMILES string of the molecule is N#C/C(=C/C1CC1)c1cc(Br)ccn1. The molecule has 0 N–H and O–H groups in total. The topological polar surface area (TPSA) is 36.7 Å². The molecule has 0 bridgehead atoms. The smallest absolute Gasteiger partial charge is 0.101 e. The van der Waals surface area contributed by atoms with Gasteiger partial charge >= 0.3 is 0 Å². The summed E-state index contributed by atoms with van der Waals surface area (Å²) in [6, 6.07) is 5.92. The van der Waals surface area contributed by atoms with Crippen LogP contribution in [-0.2, 0) is 0 Å². The van der Waals surface area contributed by atoms with Crippen molar-refractivity contribution in [2.45, 2.75) is 12.8 Å². The summed E-state index contributed by atoms with van der Waals surface area (Å²) >= 11 is 3.36. The lowest BCUT2D eigenvalue weighted by Gasteiger charge is -1.97. The third kappa shape index (κ3) is 2.21. The van der Waals surface area contributed by atoms with Crippen molar-refractivity contribution in [2.24, 2.45) is 5.92 Å². The van der Waals surface area contributed by atoms with Gasteiger partial charge in [0.2, 0.25) is 0 Å². The molecule has 70 valence electrons. The van der Waals surface area contributed by atoms with Crippen LogP contribution in [0.2, 0.25) is 0 Å². The Hall–Kier alpha value is -1.14. The van der Waals surface area contributed by atoms with E-state index in [9.17, 15) is 0 Å². The number of rotatable bonds is 2. The second-order valence-electron chi connectivity index (χ2n) is 3.39. The van der Waals surface area contributed by atoms with Gasteiger partial charge in [-0.15, -0.1) is 0 Å². The van der Waals surface area contributed by atoms with E-state index in [2.05, 4.69) is 27.0 Å². The molecular formula is C11H9BrN2. The number of aromatic nitrogens is 1. The first kappa shape index (κ1) is 9.42. The Morgan fingerprint density at radius 2 is 2.43 bits per heavy atom. The molecule has 1 aromatic rings. The monoisotopic (exact) mass is 248 g/mol. The second-order valence-corrected chi connectivity index (χ2v) is 4.30. The zero-order valence-corrected chi connectivity index (χ0v) is 9.16. The molecule has 0 amide bonds. The van der Waals surface area contributed by atoms with Gasteiger partial charge in [-0.3, -0.25) is 4.98 Å². The predicted octanol–water partition coefficient (Wildman–Crippen LogP) is 3.16. The van der Waals surface area contributed by atoms with E-state index >= 15 is 0 Å². The van der Waals surface area contributed by atoms with Gasteiger partial charge < -0.3 is 0 Å².